The summed E-state index contributed by atoms with van der Waals surface area (Å²) in [6.07, 6.45) is 0. The molecule has 2 aliphatic carbocycles. The van der Waals surface area contributed by atoms with Gasteiger partial charge in [-0.3, -0.25) is 14.4 Å². The molecule has 0 bridgehead atoms. The van der Waals surface area contributed by atoms with Gasteiger partial charge < -0.3 is 0 Å². The fraction of sp³-hybridized carbons (Fsp3) is 0.125. The first-order valence-corrected chi connectivity index (χ1v) is 9.48. The Balaban J connectivity index is 1.67. The highest BCUT2D eigenvalue weighted by Crippen LogP contribution is 2.70. The Kier molecular flexibility index (Phi) is 3.65. The number of Topliss-reactive ketones (excluding diaryl/α,β-unsaturated/α-hetero) is 3. The van der Waals surface area contributed by atoms with Crippen LogP contribution in [0, 0.1) is 11.3 Å². The second kappa shape index (κ2) is 5.98. The van der Waals surface area contributed by atoms with Gasteiger partial charge in [-0.2, -0.15) is 0 Å². The smallest absolute Gasteiger partial charge is 0.178 e. The fourth-order valence-electron chi connectivity index (χ4n) is 4.65. The van der Waals surface area contributed by atoms with Gasteiger partial charge in [-0.15, -0.1) is 0 Å². The van der Waals surface area contributed by atoms with Gasteiger partial charge in [0.05, 0.1) is 5.92 Å². The van der Waals surface area contributed by atoms with Crippen LogP contribution in [-0.2, 0) is 0 Å². The summed E-state index contributed by atoms with van der Waals surface area (Å²) >= 11 is 6.01. The van der Waals surface area contributed by atoms with Gasteiger partial charge in [0.1, 0.15) is 5.41 Å². The molecule has 1 saturated carbocycles. The molecule has 0 heterocycles. The predicted octanol–water partition coefficient (Wildman–Crippen LogP) is 5.00. The molecule has 0 radical (unpaired) electrons. The first-order valence-electron chi connectivity index (χ1n) is 9.10. The number of hydrogen-bond acceptors (Lipinski definition) is 3. The number of hydrogen-bond donors (Lipinski definition) is 0. The third-order valence-electron chi connectivity index (χ3n) is 5.94. The maximum Gasteiger partial charge on any atom is 0.178 e. The molecule has 4 heteroatoms. The van der Waals surface area contributed by atoms with Crippen LogP contribution < -0.4 is 0 Å². The zero-order valence-corrected chi connectivity index (χ0v) is 15.5. The zero-order chi connectivity index (χ0) is 19.5. The normalized spacial score (nSPS) is 21.6. The number of rotatable bonds is 3. The lowest BCUT2D eigenvalue weighted by molar-refractivity contribution is 0.0764. The minimum absolute atomic E-state index is 0.171. The molecule has 3 aromatic carbocycles. The highest BCUT2D eigenvalue weighted by atomic mass is 35.5. The third-order valence-corrected chi connectivity index (χ3v) is 6.19. The molecule has 2 atom stereocenters. The average Bonchev–Trinajstić information content (AvgIpc) is 3.38. The number of carbonyl (C=O) groups is 3. The van der Waals surface area contributed by atoms with Gasteiger partial charge in [-0.1, -0.05) is 78.3 Å². The molecule has 0 aliphatic heterocycles. The van der Waals surface area contributed by atoms with Crippen LogP contribution in [0.15, 0.2) is 78.9 Å². The first-order chi connectivity index (χ1) is 13.6. The molecule has 28 heavy (non-hydrogen) atoms. The molecule has 0 unspecified atom stereocenters. The quantitative estimate of drug-likeness (QED) is 0.470. The Morgan fingerprint density at radius 2 is 1.29 bits per heavy atom. The second-order valence-electron chi connectivity index (χ2n) is 7.31. The number of benzene rings is 3. The molecule has 0 N–H and O–H groups in total. The van der Waals surface area contributed by atoms with Crippen molar-refractivity contribution in [3.63, 3.8) is 0 Å². The number of fused-ring (bicyclic) bond motifs is 1. The van der Waals surface area contributed by atoms with Crippen molar-refractivity contribution in [2.45, 2.75) is 5.92 Å². The zero-order valence-electron chi connectivity index (χ0n) is 14.8. The van der Waals surface area contributed by atoms with Crippen LogP contribution in [-0.4, -0.2) is 17.3 Å². The van der Waals surface area contributed by atoms with Crippen molar-refractivity contribution < 1.29 is 14.4 Å². The minimum Gasteiger partial charge on any atom is -0.294 e. The topological polar surface area (TPSA) is 51.2 Å². The standard InChI is InChI=1S/C24H15ClO3/c25-16-12-10-14(11-13-16)19-20(21(26)15-6-2-1-3-7-15)24(19)22(27)17-8-4-5-9-18(17)23(24)28/h1-13,19-20H/t19-,20+/m0/s1. The summed E-state index contributed by atoms with van der Waals surface area (Å²) in [5.74, 6) is -1.85. The van der Waals surface area contributed by atoms with Gasteiger partial charge in [-0.25, -0.2) is 0 Å². The number of ketones is 3. The molecule has 2 aliphatic rings. The largest absolute Gasteiger partial charge is 0.294 e. The van der Waals surface area contributed by atoms with Crippen molar-refractivity contribution in [1.29, 1.82) is 0 Å². The monoisotopic (exact) mass is 386 g/mol. The van der Waals surface area contributed by atoms with E-state index in [9.17, 15) is 14.4 Å². The Hall–Kier alpha value is -3.04. The Labute approximate surface area is 167 Å². The van der Waals surface area contributed by atoms with E-state index in [0.29, 0.717) is 21.7 Å². The summed E-state index contributed by atoms with van der Waals surface area (Å²) in [5, 5.41) is 0.566. The highest BCUT2D eigenvalue weighted by Gasteiger charge is 2.78. The summed E-state index contributed by atoms with van der Waals surface area (Å²) in [6.45, 7) is 0. The molecule has 0 saturated heterocycles. The van der Waals surface area contributed by atoms with Crippen molar-refractivity contribution >= 4 is 29.0 Å². The average molecular weight is 387 g/mol. The fourth-order valence-corrected chi connectivity index (χ4v) is 4.77. The van der Waals surface area contributed by atoms with E-state index in [4.69, 9.17) is 11.6 Å². The Morgan fingerprint density at radius 3 is 1.86 bits per heavy atom. The van der Waals surface area contributed by atoms with Crippen LogP contribution in [0.3, 0.4) is 0 Å². The predicted molar refractivity (Wildman–Crippen MR) is 106 cm³/mol. The maximum absolute atomic E-state index is 13.4. The molecule has 0 aromatic heterocycles. The van der Waals surface area contributed by atoms with Crippen LogP contribution in [0.4, 0.5) is 0 Å². The lowest BCUT2D eigenvalue weighted by atomic mass is 9.91. The SMILES string of the molecule is O=C(c1ccccc1)[C@H]1[C@H](c2ccc(Cl)cc2)C12C(=O)c1ccccc1C2=O. The summed E-state index contributed by atoms with van der Waals surface area (Å²) < 4.78 is 0. The molecule has 5 rings (SSSR count). The van der Waals surface area contributed by atoms with Crippen LogP contribution in [0.1, 0.15) is 42.6 Å². The van der Waals surface area contributed by atoms with Crippen molar-refractivity contribution in [2.75, 3.05) is 0 Å². The summed E-state index contributed by atoms with van der Waals surface area (Å²) in [7, 11) is 0. The van der Waals surface area contributed by atoms with E-state index in [0.717, 1.165) is 5.56 Å². The highest BCUT2D eigenvalue weighted by molar-refractivity contribution is 6.35. The molecule has 136 valence electrons. The lowest BCUT2D eigenvalue weighted by Gasteiger charge is -2.07. The van der Waals surface area contributed by atoms with Gasteiger partial charge in [0.2, 0.25) is 0 Å². The van der Waals surface area contributed by atoms with Gasteiger partial charge in [-0.05, 0) is 17.7 Å². The van der Waals surface area contributed by atoms with E-state index >= 15 is 0 Å². The first kappa shape index (κ1) is 17.1. The van der Waals surface area contributed by atoms with E-state index in [1.54, 1.807) is 72.8 Å². The summed E-state index contributed by atoms with van der Waals surface area (Å²) in [4.78, 5) is 40.1. The summed E-state index contributed by atoms with van der Waals surface area (Å²) in [5.41, 5.74) is 0.780. The third kappa shape index (κ3) is 2.14. The number of carbonyl (C=O) groups excluding carboxylic acids is 3. The van der Waals surface area contributed by atoms with Crippen molar-refractivity contribution in [1.82, 2.24) is 0 Å². The van der Waals surface area contributed by atoms with Crippen molar-refractivity contribution in [3.05, 3.63) is 106 Å². The van der Waals surface area contributed by atoms with Gasteiger partial charge in [0.15, 0.2) is 17.3 Å². The molecular weight excluding hydrogens is 372 g/mol. The van der Waals surface area contributed by atoms with E-state index in [2.05, 4.69) is 0 Å². The van der Waals surface area contributed by atoms with Gasteiger partial charge in [0, 0.05) is 27.6 Å². The van der Waals surface area contributed by atoms with Gasteiger partial charge in [0.25, 0.3) is 0 Å². The van der Waals surface area contributed by atoms with Crippen molar-refractivity contribution in [3.8, 4) is 0 Å². The molecular formula is C24H15ClO3. The molecule has 0 amide bonds. The lowest BCUT2D eigenvalue weighted by Crippen LogP contribution is -2.23. The molecule has 3 aromatic rings. The molecule has 1 spiro atoms. The molecule has 3 nitrogen and oxygen atoms in total. The number of halogens is 1. The second-order valence-corrected chi connectivity index (χ2v) is 7.75. The van der Waals surface area contributed by atoms with Gasteiger partial charge >= 0.3 is 0 Å². The molecule has 1 fully saturated rings. The Bertz CT molecular complexity index is 1100. The Morgan fingerprint density at radius 1 is 0.750 bits per heavy atom. The van der Waals surface area contributed by atoms with Crippen LogP contribution in [0.5, 0.6) is 0 Å². The van der Waals surface area contributed by atoms with E-state index in [1.807, 2.05) is 6.07 Å². The van der Waals surface area contributed by atoms with E-state index in [-0.39, 0.29) is 17.3 Å². The maximum atomic E-state index is 13.4. The van der Waals surface area contributed by atoms with Crippen molar-refractivity contribution in [2.24, 2.45) is 11.3 Å². The van der Waals surface area contributed by atoms with Crippen LogP contribution in [0.25, 0.3) is 0 Å². The summed E-state index contributed by atoms with van der Waals surface area (Å²) in [6, 6.07) is 22.7. The minimum atomic E-state index is -1.34. The van der Waals surface area contributed by atoms with E-state index < -0.39 is 17.3 Å². The van der Waals surface area contributed by atoms with E-state index in [1.165, 1.54) is 0 Å². The van der Waals surface area contributed by atoms with Crippen LogP contribution >= 0.6 is 11.6 Å². The van der Waals surface area contributed by atoms with Crippen LogP contribution in [0.2, 0.25) is 5.02 Å².